The molecule has 0 radical (unpaired) electrons. The first-order chi connectivity index (χ1) is 16.8. The Morgan fingerprint density at radius 3 is 2.80 bits per heavy atom. The van der Waals surface area contributed by atoms with Crippen molar-refractivity contribution in [2.45, 2.75) is 39.7 Å². The average molecular weight is 519 g/mol. The first kappa shape index (κ1) is 25.5. The van der Waals surface area contributed by atoms with Gasteiger partial charge in [-0.25, -0.2) is 4.79 Å². The smallest absolute Gasteiger partial charge is 0.410 e. The van der Waals surface area contributed by atoms with Crippen molar-refractivity contribution in [2.75, 3.05) is 43.4 Å². The molecule has 2 aliphatic rings. The lowest BCUT2D eigenvalue weighted by atomic mass is 10.0. The summed E-state index contributed by atoms with van der Waals surface area (Å²) in [5, 5.41) is 6.93. The van der Waals surface area contributed by atoms with Gasteiger partial charge in [0.2, 0.25) is 5.91 Å². The number of ether oxygens (including phenoxy) is 1. The summed E-state index contributed by atoms with van der Waals surface area (Å²) in [5.74, 6) is 0.117. The maximum Gasteiger partial charge on any atom is 0.410 e. The number of benzene rings is 1. The van der Waals surface area contributed by atoms with E-state index >= 15 is 0 Å². The third-order valence-corrected chi connectivity index (χ3v) is 7.62. The van der Waals surface area contributed by atoms with Gasteiger partial charge in [-0.05, 0) is 62.4 Å². The predicted molar refractivity (Wildman–Crippen MR) is 138 cm³/mol. The summed E-state index contributed by atoms with van der Waals surface area (Å²) >= 11 is 7.43. The molecular weight excluding hydrogens is 488 g/mol. The van der Waals surface area contributed by atoms with Gasteiger partial charge in [-0.2, -0.15) is 0 Å². The molecule has 2 aromatic rings. The topological polar surface area (TPSA) is 91.0 Å². The summed E-state index contributed by atoms with van der Waals surface area (Å²) in [6, 6.07) is 6.94. The molecule has 10 heteroatoms. The van der Waals surface area contributed by atoms with Gasteiger partial charge >= 0.3 is 6.09 Å². The molecule has 1 fully saturated rings. The van der Waals surface area contributed by atoms with E-state index < -0.39 is 0 Å². The fourth-order valence-corrected chi connectivity index (χ4v) is 6.13. The van der Waals surface area contributed by atoms with Crippen molar-refractivity contribution in [3.63, 3.8) is 0 Å². The predicted octanol–water partition coefficient (Wildman–Crippen LogP) is 4.84. The quantitative estimate of drug-likeness (QED) is 0.571. The second-order valence-corrected chi connectivity index (χ2v) is 10.6. The molecule has 0 aliphatic carbocycles. The van der Waals surface area contributed by atoms with Gasteiger partial charge in [-0.15, -0.1) is 11.3 Å². The van der Waals surface area contributed by atoms with Crippen LogP contribution in [0.1, 0.15) is 47.5 Å². The zero-order chi connectivity index (χ0) is 24.9. The van der Waals surface area contributed by atoms with Crippen molar-refractivity contribution in [3.05, 3.63) is 45.3 Å². The summed E-state index contributed by atoms with van der Waals surface area (Å²) in [4.78, 5) is 43.3. The van der Waals surface area contributed by atoms with E-state index in [4.69, 9.17) is 16.3 Å². The molecule has 35 heavy (non-hydrogen) atoms. The molecule has 1 aromatic heterocycles. The number of nitrogens with one attached hydrogen (secondary N) is 2. The van der Waals surface area contributed by atoms with Gasteiger partial charge in [0.05, 0.1) is 25.3 Å². The highest BCUT2D eigenvalue weighted by Gasteiger charge is 2.31. The van der Waals surface area contributed by atoms with Crippen LogP contribution in [0, 0.1) is 5.92 Å². The normalized spacial score (nSPS) is 18.0. The monoisotopic (exact) mass is 518 g/mol. The molecule has 3 heterocycles. The van der Waals surface area contributed by atoms with Crippen LogP contribution in [-0.2, 0) is 22.5 Å². The fourth-order valence-electron chi connectivity index (χ4n) is 4.66. The van der Waals surface area contributed by atoms with Gasteiger partial charge in [0, 0.05) is 28.7 Å². The van der Waals surface area contributed by atoms with Crippen LogP contribution in [0.5, 0.6) is 0 Å². The van der Waals surface area contributed by atoms with Crippen LogP contribution >= 0.6 is 22.9 Å². The minimum Gasteiger partial charge on any atom is -0.450 e. The third-order valence-electron chi connectivity index (χ3n) is 6.25. The second kappa shape index (κ2) is 11.4. The Hall–Kier alpha value is -2.62. The largest absolute Gasteiger partial charge is 0.450 e. The number of carbonyl (C=O) groups excluding carboxylic acids is 3. The Bertz CT molecular complexity index is 1110. The van der Waals surface area contributed by atoms with Crippen LogP contribution in [-0.4, -0.2) is 60.5 Å². The molecule has 8 nitrogen and oxygen atoms in total. The van der Waals surface area contributed by atoms with Gasteiger partial charge in [-0.1, -0.05) is 24.6 Å². The number of fused-ring (bicyclic) bond motifs is 1. The Morgan fingerprint density at radius 1 is 1.23 bits per heavy atom. The minimum absolute atomic E-state index is 0.142. The number of carbonyl (C=O) groups is 3. The standard InChI is InChI=1S/C25H31ClN4O4S/c1-3-34-25(33)30-11-9-19-20(14-30)35-24(28-21(31)15-29-10-5-6-16(2)13-29)22(19)23(32)27-18-8-4-7-17(26)12-18/h4,7-8,12,16H,3,5-6,9-11,13-15H2,1-2H3,(H,27,32)(H,28,31). The van der Waals surface area contributed by atoms with Gasteiger partial charge < -0.3 is 20.3 Å². The molecule has 3 amide bonds. The van der Waals surface area contributed by atoms with E-state index in [1.165, 1.54) is 17.8 Å². The van der Waals surface area contributed by atoms with Gasteiger partial charge in [0.1, 0.15) is 5.00 Å². The molecule has 1 aromatic carbocycles. The number of amides is 3. The molecule has 0 spiro atoms. The number of likely N-dealkylation sites (tertiary alicyclic amines) is 1. The van der Waals surface area contributed by atoms with Crippen LogP contribution in [0.25, 0.3) is 0 Å². The number of rotatable bonds is 6. The number of thiophene rings is 1. The Kier molecular flexibility index (Phi) is 8.30. The second-order valence-electron chi connectivity index (χ2n) is 9.07. The molecule has 4 rings (SSSR count). The summed E-state index contributed by atoms with van der Waals surface area (Å²) in [5.41, 5.74) is 1.89. The van der Waals surface area contributed by atoms with Crippen molar-refractivity contribution in [1.82, 2.24) is 9.80 Å². The van der Waals surface area contributed by atoms with Crippen molar-refractivity contribution in [3.8, 4) is 0 Å². The molecule has 2 N–H and O–H groups in total. The van der Waals surface area contributed by atoms with Crippen molar-refractivity contribution < 1.29 is 19.1 Å². The summed E-state index contributed by atoms with van der Waals surface area (Å²) in [7, 11) is 0. The van der Waals surface area contributed by atoms with Crippen LogP contribution in [0.15, 0.2) is 24.3 Å². The van der Waals surface area contributed by atoms with Crippen molar-refractivity contribution in [1.29, 1.82) is 0 Å². The summed E-state index contributed by atoms with van der Waals surface area (Å²) in [6.45, 7) is 7.14. The molecule has 0 saturated carbocycles. The molecule has 1 atom stereocenters. The highest BCUT2D eigenvalue weighted by atomic mass is 35.5. The molecule has 0 bridgehead atoms. The SMILES string of the molecule is CCOC(=O)N1CCc2c(sc(NC(=O)CN3CCCC(C)C3)c2C(=O)Nc2cccc(Cl)c2)C1. The number of halogens is 1. The lowest BCUT2D eigenvalue weighted by Gasteiger charge is -2.30. The Labute approximate surface area is 214 Å². The molecule has 1 unspecified atom stereocenters. The summed E-state index contributed by atoms with van der Waals surface area (Å²) in [6.07, 6.45) is 2.39. The summed E-state index contributed by atoms with van der Waals surface area (Å²) < 4.78 is 5.15. The molecule has 1 saturated heterocycles. The Balaban J connectivity index is 1.57. The highest BCUT2D eigenvalue weighted by Crippen LogP contribution is 2.38. The van der Waals surface area contributed by atoms with Crippen LogP contribution in [0.3, 0.4) is 0 Å². The zero-order valence-electron chi connectivity index (χ0n) is 20.1. The van der Waals surface area contributed by atoms with Crippen LogP contribution < -0.4 is 10.6 Å². The number of nitrogens with zero attached hydrogens (tertiary/aromatic N) is 2. The maximum absolute atomic E-state index is 13.4. The number of piperidine rings is 1. The Morgan fingerprint density at radius 2 is 2.06 bits per heavy atom. The highest BCUT2D eigenvalue weighted by molar-refractivity contribution is 7.17. The van der Waals surface area contributed by atoms with Crippen LogP contribution in [0.2, 0.25) is 5.02 Å². The third kappa shape index (κ3) is 6.34. The van der Waals surface area contributed by atoms with Gasteiger partial charge in [-0.3, -0.25) is 14.5 Å². The van der Waals surface area contributed by atoms with Gasteiger partial charge in [0.15, 0.2) is 0 Å². The average Bonchev–Trinajstić information content (AvgIpc) is 3.16. The lowest BCUT2D eigenvalue weighted by molar-refractivity contribution is -0.117. The van der Waals surface area contributed by atoms with E-state index in [0.717, 1.165) is 30.0 Å². The van der Waals surface area contributed by atoms with E-state index in [9.17, 15) is 14.4 Å². The molecule has 188 valence electrons. The number of hydrogen-bond acceptors (Lipinski definition) is 6. The number of hydrogen-bond donors (Lipinski definition) is 2. The van der Waals surface area contributed by atoms with E-state index in [1.807, 2.05) is 0 Å². The van der Waals surface area contributed by atoms with Gasteiger partial charge in [0.25, 0.3) is 5.91 Å². The van der Waals surface area contributed by atoms with Crippen LogP contribution in [0.4, 0.5) is 15.5 Å². The fraction of sp³-hybridized carbons (Fsp3) is 0.480. The van der Waals surface area contributed by atoms with E-state index in [1.54, 1.807) is 36.1 Å². The number of anilines is 2. The minimum atomic E-state index is -0.374. The first-order valence-electron chi connectivity index (χ1n) is 12.0. The molecule has 2 aliphatic heterocycles. The van der Waals surface area contributed by atoms with E-state index in [-0.39, 0.29) is 24.5 Å². The van der Waals surface area contributed by atoms with E-state index in [2.05, 4.69) is 22.5 Å². The van der Waals surface area contributed by atoms with Crippen molar-refractivity contribution in [2.24, 2.45) is 5.92 Å². The van der Waals surface area contributed by atoms with Crippen molar-refractivity contribution >= 4 is 51.5 Å². The maximum atomic E-state index is 13.4. The van der Waals surface area contributed by atoms with E-state index in [0.29, 0.717) is 53.3 Å². The lowest BCUT2D eigenvalue weighted by Crippen LogP contribution is -2.39. The first-order valence-corrected chi connectivity index (χ1v) is 13.2. The zero-order valence-corrected chi connectivity index (χ0v) is 21.6. The molecular formula is C25H31ClN4O4S.